The number of benzene rings is 2. The Kier molecular flexibility index (Phi) is 6.42. The Labute approximate surface area is 138 Å². The van der Waals surface area contributed by atoms with Gasteiger partial charge in [-0.2, -0.15) is 0 Å². The van der Waals surface area contributed by atoms with Crippen LogP contribution in [0.2, 0.25) is 0 Å². The van der Waals surface area contributed by atoms with Crippen LogP contribution in [0.5, 0.6) is 5.75 Å². The molecule has 120 valence electrons. The van der Waals surface area contributed by atoms with Crippen molar-refractivity contribution in [1.82, 2.24) is 5.32 Å². The highest BCUT2D eigenvalue weighted by Crippen LogP contribution is 2.12. The standard InChI is InChI=1S/C20H23NO2/c1-3-4-5-7-16-10-12-18(13-11-16)20(22)21-15-17-8-6-9-19(14-17)23-2/h5-14H,3-4,15H2,1-2H3,(H,21,22). The van der Waals surface area contributed by atoms with Crippen molar-refractivity contribution in [2.75, 3.05) is 7.11 Å². The normalized spacial score (nSPS) is 10.7. The lowest BCUT2D eigenvalue weighted by Crippen LogP contribution is -2.22. The summed E-state index contributed by atoms with van der Waals surface area (Å²) < 4.78 is 5.18. The van der Waals surface area contributed by atoms with Crippen LogP contribution in [0, 0.1) is 0 Å². The average Bonchev–Trinajstić information content (AvgIpc) is 2.60. The second-order valence-corrected chi connectivity index (χ2v) is 5.35. The van der Waals surface area contributed by atoms with E-state index < -0.39 is 0 Å². The van der Waals surface area contributed by atoms with Crippen LogP contribution in [0.1, 0.15) is 41.3 Å². The third-order valence-electron chi connectivity index (χ3n) is 3.53. The Morgan fingerprint density at radius 3 is 2.65 bits per heavy atom. The largest absolute Gasteiger partial charge is 0.497 e. The second-order valence-electron chi connectivity index (χ2n) is 5.35. The van der Waals surface area contributed by atoms with Gasteiger partial charge in [0.25, 0.3) is 5.91 Å². The molecule has 3 nitrogen and oxygen atoms in total. The summed E-state index contributed by atoms with van der Waals surface area (Å²) >= 11 is 0. The Balaban J connectivity index is 1.92. The molecule has 2 rings (SSSR count). The van der Waals surface area contributed by atoms with Crippen LogP contribution in [0.15, 0.2) is 54.6 Å². The molecule has 23 heavy (non-hydrogen) atoms. The maximum absolute atomic E-state index is 12.2. The molecule has 1 amide bonds. The van der Waals surface area contributed by atoms with Crippen molar-refractivity contribution < 1.29 is 9.53 Å². The monoisotopic (exact) mass is 309 g/mol. The van der Waals surface area contributed by atoms with E-state index in [1.165, 1.54) is 0 Å². The third kappa shape index (κ3) is 5.29. The maximum Gasteiger partial charge on any atom is 0.251 e. The number of carbonyl (C=O) groups is 1. The predicted octanol–water partition coefficient (Wildman–Crippen LogP) is 4.44. The molecule has 0 aliphatic rings. The van der Waals surface area contributed by atoms with Gasteiger partial charge >= 0.3 is 0 Å². The van der Waals surface area contributed by atoms with Crippen molar-refractivity contribution in [3.05, 3.63) is 71.3 Å². The molecule has 0 aliphatic heterocycles. The summed E-state index contributed by atoms with van der Waals surface area (Å²) in [5, 5.41) is 2.93. The van der Waals surface area contributed by atoms with E-state index in [2.05, 4.69) is 24.4 Å². The molecule has 0 radical (unpaired) electrons. The molecule has 0 saturated heterocycles. The zero-order valence-corrected chi connectivity index (χ0v) is 13.7. The molecular formula is C20H23NO2. The van der Waals surface area contributed by atoms with E-state index in [9.17, 15) is 4.79 Å². The topological polar surface area (TPSA) is 38.3 Å². The molecule has 0 heterocycles. The number of carbonyl (C=O) groups excluding carboxylic acids is 1. The van der Waals surface area contributed by atoms with Gasteiger partial charge < -0.3 is 10.1 Å². The van der Waals surface area contributed by atoms with Crippen molar-refractivity contribution in [2.24, 2.45) is 0 Å². The van der Waals surface area contributed by atoms with Gasteiger partial charge in [0.15, 0.2) is 0 Å². The molecule has 0 saturated carbocycles. The SMILES string of the molecule is CCCC=Cc1ccc(C(=O)NCc2cccc(OC)c2)cc1. The number of unbranched alkanes of at least 4 members (excludes halogenated alkanes) is 1. The average molecular weight is 309 g/mol. The number of hydrogen-bond donors (Lipinski definition) is 1. The number of ether oxygens (including phenoxy) is 1. The molecule has 0 fully saturated rings. The van der Waals surface area contributed by atoms with Gasteiger partial charge in [0, 0.05) is 12.1 Å². The lowest BCUT2D eigenvalue weighted by atomic mass is 10.1. The zero-order chi connectivity index (χ0) is 16.5. The van der Waals surface area contributed by atoms with Gasteiger partial charge in [-0.05, 0) is 41.8 Å². The fourth-order valence-corrected chi connectivity index (χ4v) is 2.20. The molecule has 0 bridgehead atoms. The molecular weight excluding hydrogens is 286 g/mol. The van der Waals surface area contributed by atoms with Crippen LogP contribution in [-0.4, -0.2) is 13.0 Å². The van der Waals surface area contributed by atoms with Gasteiger partial charge in [0.05, 0.1) is 7.11 Å². The number of methoxy groups -OCH3 is 1. The van der Waals surface area contributed by atoms with E-state index >= 15 is 0 Å². The van der Waals surface area contributed by atoms with E-state index in [0.29, 0.717) is 12.1 Å². The zero-order valence-electron chi connectivity index (χ0n) is 13.7. The van der Waals surface area contributed by atoms with Gasteiger partial charge in [0.1, 0.15) is 5.75 Å². The van der Waals surface area contributed by atoms with Crippen LogP contribution in [0.4, 0.5) is 0 Å². The fourth-order valence-electron chi connectivity index (χ4n) is 2.20. The lowest BCUT2D eigenvalue weighted by Gasteiger charge is -2.07. The van der Waals surface area contributed by atoms with E-state index in [4.69, 9.17) is 4.74 Å². The third-order valence-corrected chi connectivity index (χ3v) is 3.53. The van der Waals surface area contributed by atoms with Crippen molar-refractivity contribution in [1.29, 1.82) is 0 Å². The summed E-state index contributed by atoms with van der Waals surface area (Å²) in [6, 6.07) is 15.3. The predicted molar refractivity (Wildman–Crippen MR) is 94.5 cm³/mol. The minimum absolute atomic E-state index is 0.0723. The van der Waals surface area contributed by atoms with E-state index in [-0.39, 0.29) is 5.91 Å². The van der Waals surface area contributed by atoms with Crippen LogP contribution in [0.3, 0.4) is 0 Å². The van der Waals surface area contributed by atoms with E-state index in [1.807, 2.05) is 48.5 Å². The minimum atomic E-state index is -0.0723. The molecule has 2 aromatic carbocycles. The summed E-state index contributed by atoms with van der Waals surface area (Å²) in [7, 11) is 1.63. The second kappa shape index (κ2) is 8.79. The first-order valence-electron chi connectivity index (χ1n) is 7.90. The summed E-state index contributed by atoms with van der Waals surface area (Å²) in [5.74, 6) is 0.719. The van der Waals surface area contributed by atoms with Crippen molar-refractivity contribution >= 4 is 12.0 Å². The minimum Gasteiger partial charge on any atom is -0.497 e. The summed E-state index contributed by atoms with van der Waals surface area (Å²) in [5.41, 5.74) is 2.79. The van der Waals surface area contributed by atoms with Crippen molar-refractivity contribution in [3.63, 3.8) is 0 Å². The van der Waals surface area contributed by atoms with E-state index in [0.717, 1.165) is 29.7 Å². The summed E-state index contributed by atoms with van der Waals surface area (Å²) in [4.78, 5) is 12.2. The molecule has 0 spiro atoms. The van der Waals surface area contributed by atoms with Crippen LogP contribution in [0.25, 0.3) is 6.08 Å². The first-order chi connectivity index (χ1) is 11.2. The van der Waals surface area contributed by atoms with E-state index in [1.54, 1.807) is 7.11 Å². The number of nitrogens with one attached hydrogen (secondary N) is 1. The Bertz CT molecular complexity index is 660. The number of rotatable bonds is 7. The maximum atomic E-state index is 12.2. The fraction of sp³-hybridized carbons (Fsp3) is 0.250. The molecule has 0 unspecified atom stereocenters. The number of allylic oxidation sites excluding steroid dienone is 1. The van der Waals surface area contributed by atoms with Crippen molar-refractivity contribution in [3.8, 4) is 5.75 Å². The lowest BCUT2D eigenvalue weighted by molar-refractivity contribution is 0.0951. The van der Waals surface area contributed by atoms with Gasteiger partial charge in [-0.25, -0.2) is 0 Å². The summed E-state index contributed by atoms with van der Waals surface area (Å²) in [6.45, 7) is 2.63. The molecule has 0 aliphatic carbocycles. The van der Waals surface area contributed by atoms with Crippen molar-refractivity contribution in [2.45, 2.75) is 26.3 Å². The van der Waals surface area contributed by atoms with Gasteiger partial charge in [-0.15, -0.1) is 0 Å². The van der Waals surface area contributed by atoms with Gasteiger partial charge in [-0.3, -0.25) is 4.79 Å². The molecule has 0 aromatic heterocycles. The number of amides is 1. The van der Waals surface area contributed by atoms with Crippen LogP contribution >= 0.6 is 0 Å². The Hall–Kier alpha value is -2.55. The number of hydrogen-bond acceptors (Lipinski definition) is 2. The summed E-state index contributed by atoms with van der Waals surface area (Å²) in [6.07, 6.45) is 6.45. The Morgan fingerprint density at radius 1 is 1.17 bits per heavy atom. The molecule has 0 atom stereocenters. The highest BCUT2D eigenvalue weighted by Gasteiger charge is 2.05. The first-order valence-corrected chi connectivity index (χ1v) is 7.90. The van der Waals surface area contributed by atoms with Crippen LogP contribution < -0.4 is 10.1 Å². The quantitative estimate of drug-likeness (QED) is 0.821. The van der Waals surface area contributed by atoms with Gasteiger partial charge in [0.2, 0.25) is 0 Å². The highest BCUT2D eigenvalue weighted by molar-refractivity contribution is 5.94. The Morgan fingerprint density at radius 2 is 1.96 bits per heavy atom. The first kappa shape index (κ1) is 16.8. The smallest absolute Gasteiger partial charge is 0.251 e. The molecule has 2 aromatic rings. The highest BCUT2D eigenvalue weighted by atomic mass is 16.5. The van der Waals surface area contributed by atoms with Crippen LogP contribution in [-0.2, 0) is 6.54 Å². The molecule has 3 heteroatoms. The van der Waals surface area contributed by atoms with Gasteiger partial charge in [-0.1, -0.05) is 49.8 Å². The molecule has 1 N–H and O–H groups in total.